The van der Waals surface area contributed by atoms with Crippen LogP contribution in [0, 0.1) is 0 Å². The van der Waals surface area contributed by atoms with Gasteiger partial charge in [-0.05, 0) is 11.4 Å². The minimum absolute atomic E-state index is 0.314. The van der Waals surface area contributed by atoms with E-state index in [9.17, 15) is 14.4 Å². The Hall–Kier alpha value is -1.89. The summed E-state index contributed by atoms with van der Waals surface area (Å²) in [5.41, 5.74) is 0. The van der Waals surface area contributed by atoms with E-state index in [1.54, 1.807) is 17.5 Å². The van der Waals surface area contributed by atoms with E-state index in [4.69, 9.17) is 4.74 Å². The summed E-state index contributed by atoms with van der Waals surface area (Å²) in [6.45, 7) is 0.335. The molecule has 1 aromatic rings. The Morgan fingerprint density at radius 1 is 1.53 bits per heavy atom. The second-order valence-corrected chi connectivity index (χ2v) is 4.28. The molecule has 2 heterocycles. The minimum atomic E-state index is -0.548. The first-order valence-electron chi connectivity index (χ1n) is 4.97. The molecular weight excluding hydrogens is 244 g/mol. The average Bonchev–Trinajstić information content (AvgIpc) is 2.95. The van der Waals surface area contributed by atoms with Crippen LogP contribution >= 0.6 is 11.3 Å². The van der Waals surface area contributed by atoms with E-state index in [-0.39, 0.29) is 0 Å². The van der Waals surface area contributed by atoms with Crippen molar-refractivity contribution in [1.29, 1.82) is 0 Å². The molecule has 1 aromatic heterocycles. The van der Waals surface area contributed by atoms with E-state index >= 15 is 0 Å². The number of imide groups is 1. The van der Waals surface area contributed by atoms with Crippen molar-refractivity contribution in [2.45, 2.75) is 0 Å². The van der Waals surface area contributed by atoms with E-state index in [0.717, 1.165) is 4.90 Å². The SMILES string of the molecule is O=C(OCC(=O)N1CCNC1=O)c1cccs1. The van der Waals surface area contributed by atoms with Gasteiger partial charge in [0.1, 0.15) is 4.88 Å². The Morgan fingerprint density at radius 2 is 2.35 bits per heavy atom. The Labute approximate surface area is 101 Å². The van der Waals surface area contributed by atoms with Crippen molar-refractivity contribution < 1.29 is 19.1 Å². The summed E-state index contributed by atoms with van der Waals surface area (Å²) in [5, 5.41) is 4.24. The fourth-order valence-electron chi connectivity index (χ4n) is 1.38. The second kappa shape index (κ2) is 4.96. The number of nitrogens with zero attached hydrogens (tertiary/aromatic N) is 1. The standard InChI is InChI=1S/C10H10N2O4S/c13-8(12-4-3-11-10(12)15)6-16-9(14)7-2-1-5-17-7/h1-2,5H,3-4,6H2,(H,11,15). The molecule has 0 bridgehead atoms. The van der Waals surface area contributed by atoms with Gasteiger partial charge in [0.15, 0.2) is 6.61 Å². The van der Waals surface area contributed by atoms with Gasteiger partial charge >= 0.3 is 12.0 Å². The number of carbonyl (C=O) groups is 3. The first-order valence-corrected chi connectivity index (χ1v) is 5.85. The summed E-state index contributed by atoms with van der Waals surface area (Å²) in [6, 6.07) is 2.89. The normalized spacial score (nSPS) is 14.6. The van der Waals surface area contributed by atoms with E-state index < -0.39 is 24.5 Å². The highest BCUT2D eigenvalue weighted by atomic mass is 32.1. The summed E-state index contributed by atoms with van der Waals surface area (Å²) in [5.74, 6) is -1.06. The quantitative estimate of drug-likeness (QED) is 0.795. The molecule has 1 N–H and O–H groups in total. The van der Waals surface area contributed by atoms with Gasteiger partial charge in [-0.2, -0.15) is 0 Å². The monoisotopic (exact) mass is 254 g/mol. The highest BCUT2D eigenvalue weighted by Crippen LogP contribution is 2.10. The van der Waals surface area contributed by atoms with Crippen molar-refractivity contribution in [2.75, 3.05) is 19.7 Å². The van der Waals surface area contributed by atoms with E-state index in [1.807, 2.05) is 0 Å². The average molecular weight is 254 g/mol. The lowest BCUT2D eigenvalue weighted by atomic mass is 10.5. The molecule has 1 fully saturated rings. The maximum Gasteiger partial charge on any atom is 0.348 e. The summed E-state index contributed by atoms with van der Waals surface area (Å²) in [4.78, 5) is 35.6. The van der Waals surface area contributed by atoms with Gasteiger partial charge in [0, 0.05) is 13.1 Å². The Bertz CT molecular complexity index is 443. The van der Waals surface area contributed by atoms with Gasteiger partial charge in [-0.1, -0.05) is 6.07 Å². The number of rotatable bonds is 3. The van der Waals surface area contributed by atoms with Gasteiger partial charge in [-0.25, -0.2) is 9.59 Å². The number of esters is 1. The number of urea groups is 1. The zero-order chi connectivity index (χ0) is 12.3. The van der Waals surface area contributed by atoms with Crippen LogP contribution in [0.2, 0.25) is 0 Å². The van der Waals surface area contributed by atoms with Gasteiger partial charge in [0.05, 0.1) is 0 Å². The maximum absolute atomic E-state index is 11.5. The van der Waals surface area contributed by atoms with Crippen LogP contribution in [0.1, 0.15) is 9.67 Å². The zero-order valence-electron chi connectivity index (χ0n) is 8.84. The predicted molar refractivity (Wildman–Crippen MR) is 59.7 cm³/mol. The molecule has 0 atom stereocenters. The number of hydrogen-bond acceptors (Lipinski definition) is 5. The fraction of sp³-hybridized carbons (Fsp3) is 0.300. The summed E-state index contributed by atoms with van der Waals surface area (Å²) >= 11 is 1.24. The molecular formula is C10H10N2O4S. The van der Waals surface area contributed by atoms with E-state index in [2.05, 4.69) is 5.32 Å². The smallest absolute Gasteiger partial charge is 0.348 e. The Kier molecular flexibility index (Phi) is 3.38. The molecule has 2 rings (SSSR count). The molecule has 0 aromatic carbocycles. The van der Waals surface area contributed by atoms with Crippen LogP contribution in [-0.4, -0.2) is 42.5 Å². The number of ether oxygens (including phenoxy) is 1. The number of hydrogen-bond donors (Lipinski definition) is 1. The number of thiophene rings is 1. The van der Waals surface area contributed by atoms with E-state index in [0.29, 0.717) is 18.0 Å². The second-order valence-electron chi connectivity index (χ2n) is 3.33. The highest BCUT2D eigenvalue weighted by molar-refractivity contribution is 7.11. The molecule has 90 valence electrons. The van der Waals surface area contributed by atoms with Crippen LogP contribution in [0.4, 0.5) is 4.79 Å². The molecule has 1 aliphatic heterocycles. The topological polar surface area (TPSA) is 75.7 Å². The zero-order valence-corrected chi connectivity index (χ0v) is 9.66. The summed E-state index contributed by atoms with van der Waals surface area (Å²) in [6.07, 6.45) is 0. The van der Waals surface area contributed by atoms with E-state index in [1.165, 1.54) is 11.3 Å². The highest BCUT2D eigenvalue weighted by Gasteiger charge is 2.26. The van der Waals surface area contributed by atoms with Crippen molar-refractivity contribution in [2.24, 2.45) is 0 Å². The first-order chi connectivity index (χ1) is 8.18. The van der Waals surface area contributed by atoms with Gasteiger partial charge in [0.25, 0.3) is 5.91 Å². The Morgan fingerprint density at radius 3 is 2.94 bits per heavy atom. The molecule has 17 heavy (non-hydrogen) atoms. The lowest BCUT2D eigenvalue weighted by Gasteiger charge is -2.11. The predicted octanol–water partition coefficient (Wildman–Crippen LogP) is 0.457. The van der Waals surface area contributed by atoms with Crippen LogP contribution < -0.4 is 5.32 Å². The molecule has 3 amide bonds. The third-order valence-corrected chi connectivity index (χ3v) is 3.06. The lowest BCUT2D eigenvalue weighted by molar-refractivity contribution is -0.130. The number of nitrogens with one attached hydrogen (secondary N) is 1. The maximum atomic E-state index is 11.5. The van der Waals surface area contributed by atoms with Gasteiger partial charge in [0.2, 0.25) is 0 Å². The van der Waals surface area contributed by atoms with Crippen LogP contribution in [0.5, 0.6) is 0 Å². The van der Waals surface area contributed by atoms with Gasteiger partial charge < -0.3 is 10.1 Å². The molecule has 1 saturated heterocycles. The molecule has 1 aliphatic rings. The van der Waals surface area contributed by atoms with Crippen molar-refractivity contribution in [3.63, 3.8) is 0 Å². The molecule has 6 nitrogen and oxygen atoms in total. The van der Waals surface area contributed by atoms with Crippen molar-refractivity contribution >= 4 is 29.2 Å². The van der Waals surface area contributed by atoms with Gasteiger partial charge in [-0.15, -0.1) is 11.3 Å². The third kappa shape index (κ3) is 2.62. The molecule has 7 heteroatoms. The first kappa shape index (κ1) is 11.6. The van der Waals surface area contributed by atoms with Crippen molar-refractivity contribution in [3.8, 4) is 0 Å². The molecule has 0 unspecified atom stereocenters. The Balaban J connectivity index is 1.84. The molecule has 0 radical (unpaired) electrons. The summed E-state index contributed by atoms with van der Waals surface area (Å²) in [7, 11) is 0. The van der Waals surface area contributed by atoms with Crippen molar-refractivity contribution in [3.05, 3.63) is 22.4 Å². The number of amides is 3. The molecule has 0 saturated carbocycles. The van der Waals surface area contributed by atoms with Crippen LogP contribution in [-0.2, 0) is 9.53 Å². The third-order valence-electron chi connectivity index (χ3n) is 2.21. The fourth-order valence-corrected chi connectivity index (χ4v) is 2.00. The lowest BCUT2D eigenvalue weighted by Crippen LogP contribution is -2.37. The van der Waals surface area contributed by atoms with Crippen molar-refractivity contribution in [1.82, 2.24) is 10.2 Å². The summed E-state index contributed by atoms with van der Waals surface area (Å²) < 4.78 is 4.81. The van der Waals surface area contributed by atoms with Crippen LogP contribution in [0.15, 0.2) is 17.5 Å². The molecule has 0 aliphatic carbocycles. The van der Waals surface area contributed by atoms with Gasteiger partial charge in [-0.3, -0.25) is 9.69 Å². The number of carbonyl (C=O) groups excluding carboxylic acids is 3. The largest absolute Gasteiger partial charge is 0.451 e. The minimum Gasteiger partial charge on any atom is -0.451 e. The molecule has 0 spiro atoms. The van der Waals surface area contributed by atoms with Crippen LogP contribution in [0.25, 0.3) is 0 Å². The van der Waals surface area contributed by atoms with Crippen LogP contribution in [0.3, 0.4) is 0 Å².